The first-order chi connectivity index (χ1) is 9.08. The highest BCUT2D eigenvalue weighted by molar-refractivity contribution is 5.99. The maximum absolute atomic E-state index is 12.2. The van der Waals surface area contributed by atoms with Gasteiger partial charge in [-0.3, -0.25) is 4.79 Å². The number of ether oxygens (including phenoxy) is 2. The number of benzene rings is 1. The molecule has 0 radical (unpaired) electrons. The molecule has 1 aliphatic heterocycles. The van der Waals surface area contributed by atoms with Crippen LogP contribution in [0.1, 0.15) is 39.9 Å². The maximum atomic E-state index is 12.2. The van der Waals surface area contributed by atoms with Gasteiger partial charge in [-0.15, -0.1) is 0 Å². The van der Waals surface area contributed by atoms with Crippen LogP contribution >= 0.6 is 0 Å². The van der Waals surface area contributed by atoms with E-state index in [-0.39, 0.29) is 18.5 Å². The van der Waals surface area contributed by atoms with Crippen LogP contribution in [0, 0.1) is 20.8 Å². The van der Waals surface area contributed by atoms with Crippen molar-refractivity contribution in [3.63, 3.8) is 0 Å². The predicted octanol–water partition coefficient (Wildman–Crippen LogP) is 2.99. The highest BCUT2D eigenvalue weighted by atomic mass is 16.5. The van der Waals surface area contributed by atoms with Crippen molar-refractivity contribution in [3.05, 3.63) is 34.4 Å². The molecule has 19 heavy (non-hydrogen) atoms. The average molecular weight is 262 g/mol. The van der Waals surface area contributed by atoms with Gasteiger partial charge in [0.1, 0.15) is 6.61 Å². The molecule has 0 saturated carbocycles. The highest BCUT2D eigenvalue weighted by Crippen LogP contribution is 2.17. The Morgan fingerprint density at radius 2 is 2.00 bits per heavy atom. The highest BCUT2D eigenvalue weighted by Gasteiger charge is 2.17. The number of ketones is 1. The molecule has 0 spiro atoms. The number of rotatable bonds is 5. The lowest BCUT2D eigenvalue weighted by atomic mass is 9.97. The summed E-state index contributed by atoms with van der Waals surface area (Å²) < 4.78 is 11.0. The van der Waals surface area contributed by atoms with Gasteiger partial charge in [-0.1, -0.05) is 17.7 Å². The van der Waals surface area contributed by atoms with E-state index in [2.05, 4.69) is 0 Å². The average Bonchev–Trinajstić information content (AvgIpc) is 2.80. The van der Waals surface area contributed by atoms with Crippen LogP contribution in [-0.4, -0.2) is 31.7 Å². The molecule has 1 fully saturated rings. The van der Waals surface area contributed by atoms with Crippen molar-refractivity contribution in [1.82, 2.24) is 0 Å². The van der Waals surface area contributed by atoms with Gasteiger partial charge in [0.05, 0.1) is 12.7 Å². The minimum absolute atomic E-state index is 0.0630. The van der Waals surface area contributed by atoms with Gasteiger partial charge >= 0.3 is 0 Å². The van der Waals surface area contributed by atoms with Gasteiger partial charge < -0.3 is 9.47 Å². The van der Waals surface area contributed by atoms with Crippen LogP contribution in [0.15, 0.2) is 12.1 Å². The summed E-state index contributed by atoms with van der Waals surface area (Å²) in [7, 11) is 0. The molecule has 0 aliphatic carbocycles. The Morgan fingerprint density at radius 1 is 1.32 bits per heavy atom. The quantitative estimate of drug-likeness (QED) is 0.765. The van der Waals surface area contributed by atoms with E-state index in [1.807, 2.05) is 32.9 Å². The van der Waals surface area contributed by atoms with Gasteiger partial charge in [0.15, 0.2) is 5.78 Å². The van der Waals surface area contributed by atoms with Gasteiger partial charge in [-0.2, -0.15) is 0 Å². The first kappa shape index (κ1) is 14.2. The largest absolute Gasteiger partial charge is 0.376 e. The molecule has 3 nitrogen and oxygen atoms in total. The van der Waals surface area contributed by atoms with E-state index in [9.17, 15) is 4.79 Å². The summed E-state index contributed by atoms with van der Waals surface area (Å²) in [4.78, 5) is 12.2. The Morgan fingerprint density at radius 3 is 2.58 bits per heavy atom. The van der Waals surface area contributed by atoms with E-state index in [1.54, 1.807) is 0 Å². The summed E-state index contributed by atoms with van der Waals surface area (Å²) in [6.07, 6.45) is 2.31. The summed E-state index contributed by atoms with van der Waals surface area (Å²) >= 11 is 0. The van der Waals surface area contributed by atoms with E-state index in [0.29, 0.717) is 6.61 Å². The fraction of sp³-hybridized carbons (Fsp3) is 0.562. The second-order valence-electron chi connectivity index (χ2n) is 5.35. The standard InChI is InChI=1S/C16H22O3/c1-11-7-12(2)16(13(3)8-11)15(17)10-18-9-14-5-4-6-19-14/h7-8,14H,4-6,9-10H2,1-3H3. The second-order valence-corrected chi connectivity index (χ2v) is 5.35. The zero-order chi connectivity index (χ0) is 13.8. The fourth-order valence-corrected chi connectivity index (χ4v) is 2.75. The summed E-state index contributed by atoms with van der Waals surface area (Å²) in [6.45, 7) is 7.49. The third-order valence-corrected chi connectivity index (χ3v) is 3.52. The topological polar surface area (TPSA) is 35.5 Å². The summed E-state index contributed by atoms with van der Waals surface area (Å²) in [5.74, 6) is 0.0630. The third-order valence-electron chi connectivity index (χ3n) is 3.52. The molecule has 1 aliphatic rings. The van der Waals surface area contributed by atoms with E-state index in [0.717, 1.165) is 36.1 Å². The lowest BCUT2D eigenvalue weighted by Gasteiger charge is -2.12. The summed E-state index contributed by atoms with van der Waals surface area (Å²) in [5.41, 5.74) is 4.05. The molecule has 1 aromatic rings. The van der Waals surface area contributed by atoms with Gasteiger partial charge in [-0.05, 0) is 44.7 Å². The molecule has 1 saturated heterocycles. The van der Waals surface area contributed by atoms with Crippen molar-refractivity contribution in [2.45, 2.75) is 39.7 Å². The number of carbonyl (C=O) groups excluding carboxylic acids is 1. The molecular formula is C16H22O3. The lowest BCUT2D eigenvalue weighted by molar-refractivity contribution is 0.0190. The van der Waals surface area contributed by atoms with Crippen LogP contribution in [0.2, 0.25) is 0 Å². The molecule has 1 heterocycles. The van der Waals surface area contributed by atoms with Crippen molar-refractivity contribution in [1.29, 1.82) is 0 Å². The van der Waals surface area contributed by atoms with Crippen LogP contribution in [0.25, 0.3) is 0 Å². The Balaban J connectivity index is 1.92. The number of Topliss-reactive ketones (excluding diaryl/α,β-unsaturated/α-hetero) is 1. The van der Waals surface area contributed by atoms with Crippen molar-refractivity contribution < 1.29 is 14.3 Å². The lowest BCUT2D eigenvalue weighted by Crippen LogP contribution is -2.19. The van der Waals surface area contributed by atoms with Crippen molar-refractivity contribution in [2.24, 2.45) is 0 Å². The fourth-order valence-electron chi connectivity index (χ4n) is 2.75. The Labute approximate surface area is 114 Å². The smallest absolute Gasteiger partial charge is 0.188 e. The van der Waals surface area contributed by atoms with Gasteiger partial charge in [0.2, 0.25) is 0 Å². The second kappa shape index (κ2) is 6.31. The Kier molecular flexibility index (Phi) is 4.72. The zero-order valence-electron chi connectivity index (χ0n) is 12.0. The predicted molar refractivity (Wildman–Crippen MR) is 74.8 cm³/mol. The van der Waals surface area contributed by atoms with E-state index in [4.69, 9.17) is 9.47 Å². The van der Waals surface area contributed by atoms with Gasteiger partial charge in [0, 0.05) is 12.2 Å². The number of hydrogen-bond donors (Lipinski definition) is 0. The first-order valence-corrected chi connectivity index (χ1v) is 6.88. The molecule has 1 atom stereocenters. The van der Waals surface area contributed by atoms with Crippen LogP contribution in [0.5, 0.6) is 0 Å². The van der Waals surface area contributed by atoms with Crippen molar-refractivity contribution >= 4 is 5.78 Å². The molecule has 1 unspecified atom stereocenters. The molecule has 0 aromatic heterocycles. The molecule has 0 bridgehead atoms. The number of hydrogen-bond acceptors (Lipinski definition) is 3. The molecule has 104 valence electrons. The van der Waals surface area contributed by atoms with Crippen LogP contribution < -0.4 is 0 Å². The summed E-state index contributed by atoms with van der Waals surface area (Å²) in [5, 5.41) is 0. The minimum atomic E-state index is 0.0630. The molecule has 0 amide bonds. The minimum Gasteiger partial charge on any atom is -0.376 e. The molecule has 1 aromatic carbocycles. The Bertz CT molecular complexity index is 436. The molecule has 2 rings (SSSR count). The monoisotopic (exact) mass is 262 g/mol. The number of carbonyl (C=O) groups is 1. The third kappa shape index (κ3) is 3.64. The van der Waals surface area contributed by atoms with Crippen LogP contribution in [-0.2, 0) is 9.47 Å². The zero-order valence-corrected chi connectivity index (χ0v) is 12.0. The van der Waals surface area contributed by atoms with Crippen LogP contribution in [0.4, 0.5) is 0 Å². The van der Waals surface area contributed by atoms with Gasteiger partial charge in [-0.25, -0.2) is 0 Å². The normalized spacial score (nSPS) is 18.8. The van der Waals surface area contributed by atoms with Crippen molar-refractivity contribution in [3.8, 4) is 0 Å². The first-order valence-electron chi connectivity index (χ1n) is 6.88. The Hall–Kier alpha value is -1.19. The molecule has 0 N–H and O–H groups in total. The van der Waals surface area contributed by atoms with E-state index < -0.39 is 0 Å². The summed E-state index contributed by atoms with van der Waals surface area (Å²) in [6, 6.07) is 4.08. The van der Waals surface area contributed by atoms with Crippen molar-refractivity contribution in [2.75, 3.05) is 19.8 Å². The molecule has 3 heteroatoms. The number of aryl methyl sites for hydroxylation is 3. The maximum Gasteiger partial charge on any atom is 0.188 e. The van der Waals surface area contributed by atoms with Crippen LogP contribution in [0.3, 0.4) is 0 Å². The van der Waals surface area contributed by atoms with E-state index >= 15 is 0 Å². The van der Waals surface area contributed by atoms with E-state index in [1.165, 1.54) is 5.56 Å². The molecular weight excluding hydrogens is 240 g/mol. The SMILES string of the molecule is Cc1cc(C)c(C(=O)COCC2CCCO2)c(C)c1. The van der Waals surface area contributed by atoms with Gasteiger partial charge in [0.25, 0.3) is 0 Å².